The van der Waals surface area contributed by atoms with Crippen LogP contribution in [0.3, 0.4) is 0 Å². The van der Waals surface area contributed by atoms with Crippen LogP contribution >= 0.6 is 15.2 Å². The molecule has 0 aliphatic rings. The van der Waals surface area contributed by atoms with E-state index < -0.39 is 26.5 Å². The summed E-state index contributed by atoms with van der Waals surface area (Å²) in [5.41, 5.74) is -1.97. The molecule has 0 saturated carbocycles. The molecule has 0 aromatic rings. The van der Waals surface area contributed by atoms with Crippen molar-refractivity contribution in [3.05, 3.63) is 11.3 Å². The fourth-order valence-corrected chi connectivity index (χ4v) is 1.48. The van der Waals surface area contributed by atoms with Gasteiger partial charge in [0.15, 0.2) is 0 Å². The van der Waals surface area contributed by atoms with Crippen LogP contribution in [-0.4, -0.2) is 5.11 Å². The van der Waals surface area contributed by atoms with Gasteiger partial charge >= 0.3 is 118 Å². The Kier molecular flexibility index (Phi) is 26.8. The summed E-state index contributed by atoms with van der Waals surface area (Å²) >= 11 is 0. The summed E-state index contributed by atoms with van der Waals surface area (Å²) in [5, 5.41) is 8.12. The third-order valence-electron chi connectivity index (χ3n) is 0.554. The second-order valence-corrected chi connectivity index (χ2v) is 4.32. The zero-order valence-corrected chi connectivity index (χ0v) is 18.7. The first-order valence-electron chi connectivity index (χ1n) is 2.09. The van der Waals surface area contributed by atoms with E-state index in [0.717, 1.165) is 0 Å². The van der Waals surface area contributed by atoms with Gasteiger partial charge < -0.3 is 33.8 Å². The van der Waals surface area contributed by atoms with Crippen molar-refractivity contribution in [2.24, 2.45) is 0 Å². The molecule has 0 heterocycles. The van der Waals surface area contributed by atoms with Crippen LogP contribution in [0, 0.1) is 0 Å². The van der Waals surface area contributed by atoms with Crippen molar-refractivity contribution in [2.75, 3.05) is 0 Å². The predicted octanol–water partition coefficient (Wildman–Crippen LogP) is -14.8. The number of aliphatic hydroxyl groups is 1. The van der Waals surface area contributed by atoms with Gasteiger partial charge in [-0.3, -0.25) is 0 Å². The molecule has 0 aromatic heterocycles. The summed E-state index contributed by atoms with van der Waals surface area (Å²) < 4.78 is 19.5. The molecule has 0 saturated heterocycles. The van der Waals surface area contributed by atoms with Crippen LogP contribution in [0.1, 0.15) is 0 Å². The number of hydrogen-bond donors (Lipinski definition) is 1. The Hall–Kier alpha value is 3.84. The number of rotatable bonds is 2. The zero-order valence-electron chi connectivity index (χ0n) is 8.87. The van der Waals surface area contributed by atoms with Gasteiger partial charge in [0.05, 0.1) is 0 Å². The Morgan fingerprint density at radius 2 is 1.20 bits per heavy atom. The van der Waals surface area contributed by atoms with Gasteiger partial charge in [0.2, 0.25) is 0 Å². The van der Waals surface area contributed by atoms with Crippen LogP contribution in [-0.2, 0) is 9.13 Å². The minimum atomic E-state index is -5.51. The van der Waals surface area contributed by atoms with Gasteiger partial charge in [0.1, 0.15) is 5.50 Å². The van der Waals surface area contributed by atoms with Gasteiger partial charge in [-0.25, -0.2) is 0 Å². The topological polar surface area (TPSA) is 147 Å². The fourth-order valence-electron chi connectivity index (χ4n) is 0.212. The van der Waals surface area contributed by atoms with E-state index in [2.05, 4.69) is 0 Å². The molecular weight excluding hydrogens is 290 g/mol. The van der Waals surface area contributed by atoms with Crippen molar-refractivity contribution < 1.29 is 152 Å². The zero-order chi connectivity index (χ0) is 9.28. The van der Waals surface area contributed by atoms with E-state index in [1.807, 2.05) is 0 Å². The molecule has 0 radical (unpaired) electrons. The molecule has 0 atom stereocenters. The molecule has 0 amide bonds. The average Bonchev–Trinajstić information content (AvgIpc) is 1.56. The van der Waals surface area contributed by atoms with Gasteiger partial charge in [-0.05, 0) is 21.0 Å². The third kappa shape index (κ3) is 20.3. The Labute approximate surface area is 175 Å². The maximum absolute atomic E-state index is 9.76. The first-order chi connectivity index (χ1) is 4.63. The summed E-state index contributed by atoms with van der Waals surface area (Å²) in [7, 11) is -10.8. The predicted molar refractivity (Wildman–Crippen MR) is 25.9 cm³/mol. The van der Waals surface area contributed by atoms with Gasteiger partial charge in [-0.15, -0.1) is 0 Å². The Balaban J connectivity index is -0.0000000833. The minimum Gasteiger partial charge on any atom is -0.808 e. The van der Waals surface area contributed by atoms with E-state index >= 15 is 0 Å². The third-order valence-corrected chi connectivity index (χ3v) is 2.01. The van der Waals surface area contributed by atoms with Gasteiger partial charge in [-0.1, -0.05) is 0 Å². The molecule has 0 aromatic carbocycles. The molecule has 0 unspecified atom stereocenters. The van der Waals surface area contributed by atoms with Crippen molar-refractivity contribution in [3.63, 3.8) is 0 Å². The second-order valence-electron chi connectivity index (χ2n) is 1.52. The molecule has 0 rings (SSSR count). The molecule has 13 heteroatoms. The Morgan fingerprint density at radius 3 is 1.27 bits per heavy atom. The molecule has 1 N–H and O–H groups in total. The largest absolute Gasteiger partial charge is 1.00 e. The van der Waals surface area contributed by atoms with Crippen LogP contribution < -0.4 is 138 Å². The quantitative estimate of drug-likeness (QED) is 0.302. The van der Waals surface area contributed by atoms with Crippen LogP contribution in [0.25, 0.3) is 0 Å². The standard InChI is InChI=1S/C2H6O7P2.4Na/c3-2(11(7,8)9)1-10(4,5)6;;;;/h1,3H,(H2,4,5,6)(H2,7,8,9);;;;/q;4*+1/p-4. The normalized spacial score (nSPS) is 11.1. The monoisotopic (exact) mass is 292 g/mol. The summed E-state index contributed by atoms with van der Waals surface area (Å²) in [6.07, 6.45) is 0. The molecule has 7 nitrogen and oxygen atoms in total. The molecule has 0 fully saturated rings. The van der Waals surface area contributed by atoms with Crippen LogP contribution in [0.5, 0.6) is 0 Å². The van der Waals surface area contributed by atoms with E-state index in [1.54, 1.807) is 0 Å². The smallest absolute Gasteiger partial charge is 0.808 e. The molecular formula is C2H2Na4O7P2. The van der Waals surface area contributed by atoms with E-state index in [1.165, 1.54) is 0 Å². The summed E-state index contributed by atoms with van der Waals surface area (Å²) in [5.74, 6) is -0.534. The molecule has 0 aliphatic heterocycles. The average molecular weight is 292 g/mol. The number of hydrogen-bond acceptors (Lipinski definition) is 7. The van der Waals surface area contributed by atoms with Crippen molar-refractivity contribution in [1.29, 1.82) is 0 Å². The SMILES string of the molecule is O=P([O-])([O-])C=C(O)P(=O)([O-])[O-].[Na+].[Na+].[Na+].[Na+]. The minimum absolute atomic E-state index is 0. The molecule has 15 heavy (non-hydrogen) atoms. The maximum atomic E-state index is 9.76. The Bertz CT molecular complexity index is 266. The van der Waals surface area contributed by atoms with Crippen LogP contribution in [0.15, 0.2) is 11.3 Å². The van der Waals surface area contributed by atoms with E-state index in [4.69, 9.17) is 5.11 Å². The van der Waals surface area contributed by atoms with Crippen molar-refractivity contribution in [2.45, 2.75) is 0 Å². The van der Waals surface area contributed by atoms with Crippen molar-refractivity contribution >= 4 is 15.2 Å². The maximum Gasteiger partial charge on any atom is 1.00 e. The fraction of sp³-hybridized carbons (Fsp3) is 0. The van der Waals surface area contributed by atoms with Crippen LogP contribution in [0.4, 0.5) is 0 Å². The summed E-state index contributed by atoms with van der Waals surface area (Å²) in [4.78, 5) is 39.0. The van der Waals surface area contributed by atoms with E-state index in [0.29, 0.717) is 0 Å². The van der Waals surface area contributed by atoms with E-state index in [-0.39, 0.29) is 118 Å². The summed E-state index contributed by atoms with van der Waals surface area (Å²) in [6, 6.07) is 0. The van der Waals surface area contributed by atoms with Gasteiger partial charge in [0, 0.05) is 0 Å². The van der Waals surface area contributed by atoms with Gasteiger partial charge in [-0.2, -0.15) is 0 Å². The second kappa shape index (κ2) is 12.9. The molecule has 0 spiro atoms. The Morgan fingerprint density at radius 1 is 0.933 bits per heavy atom. The van der Waals surface area contributed by atoms with Gasteiger partial charge in [0.25, 0.3) is 0 Å². The number of aliphatic hydroxyl groups excluding tert-OH is 1. The summed E-state index contributed by atoms with van der Waals surface area (Å²) in [6.45, 7) is 0. The van der Waals surface area contributed by atoms with Crippen LogP contribution in [0.2, 0.25) is 0 Å². The van der Waals surface area contributed by atoms with Crippen molar-refractivity contribution in [3.8, 4) is 0 Å². The molecule has 66 valence electrons. The van der Waals surface area contributed by atoms with Crippen molar-refractivity contribution in [1.82, 2.24) is 0 Å². The first kappa shape index (κ1) is 31.3. The molecule has 0 bridgehead atoms. The molecule has 0 aliphatic carbocycles. The first-order valence-corrected chi connectivity index (χ1v) is 5.24. The van der Waals surface area contributed by atoms with E-state index in [9.17, 15) is 28.7 Å².